The second-order valence-corrected chi connectivity index (χ2v) is 23.7. The zero-order valence-electron chi connectivity index (χ0n) is 43.5. The molecule has 4 aromatic rings. The summed E-state index contributed by atoms with van der Waals surface area (Å²) in [4.78, 5) is 144. The highest BCUT2D eigenvalue weighted by molar-refractivity contribution is 7.52. The summed E-state index contributed by atoms with van der Waals surface area (Å²) >= 11 is 0.934. The van der Waals surface area contributed by atoms with E-state index in [2.05, 4.69) is 33.1 Å². The second-order valence-electron chi connectivity index (χ2n) is 21.0. The Morgan fingerprint density at radius 1 is 0.887 bits per heavy atom. The Morgan fingerprint density at radius 2 is 1.64 bits per heavy atom. The van der Waals surface area contributed by atoms with E-state index in [4.69, 9.17) is 5.73 Å². The van der Waals surface area contributed by atoms with E-state index in [1.807, 2.05) is 6.07 Å². The summed E-state index contributed by atoms with van der Waals surface area (Å²) in [5.41, 5.74) is 2.55. The van der Waals surface area contributed by atoms with Crippen LogP contribution in [0.2, 0.25) is 0 Å². The van der Waals surface area contributed by atoms with Gasteiger partial charge in [0, 0.05) is 66.3 Å². The summed E-state index contributed by atoms with van der Waals surface area (Å²) < 4.78 is 41.0. The molecule has 0 radical (unpaired) electrons. The minimum absolute atomic E-state index is 0.0504. The zero-order valence-corrected chi connectivity index (χ0v) is 45.2. The molecule has 6 heterocycles. The van der Waals surface area contributed by atoms with Gasteiger partial charge >= 0.3 is 13.3 Å². The van der Waals surface area contributed by atoms with Crippen LogP contribution in [0.3, 0.4) is 0 Å². The fraction of sp³-hybridized carbons (Fsp3) is 0.446. The fourth-order valence-corrected chi connectivity index (χ4v) is 12.8. The predicted octanol–water partition coefficient (Wildman–Crippen LogP) is 4.60. The van der Waals surface area contributed by atoms with E-state index < -0.39 is 84.5 Å². The van der Waals surface area contributed by atoms with E-state index in [9.17, 15) is 66.3 Å². The molecule has 0 spiro atoms. The van der Waals surface area contributed by atoms with Gasteiger partial charge < -0.3 is 46.2 Å². The SMILES string of the molecule is NC(=O)CCC(NC(=O)[C@@H]1CC[C@@H]2CCCC[C@H](NC(=O)c3cc4cc(C(F)(F)P(=O)(O)O)ccc4s3)C(=O)N21)C(=O)NC(C(=O)N1CCC(CCC#Cc2cccc3c2CN(C2CCC(=O)NC2=O)C3=O)CC1)c1ccccc1. The van der Waals surface area contributed by atoms with Crippen molar-refractivity contribution in [3.8, 4) is 11.8 Å². The van der Waals surface area contributed by atoms with Gasteiger partial charge in [-0.05, 0) is 111 Å². The average Bonchev–Trinajstić information content (AvgIpc) is 4.25. The van der Waals surface area contributed by atoms with Gasteiger partial charge in [0.15, 0.2) is 0 Å². The molecule has 3 aromatic carbocycles. The number of nitrogens with one attached hydrogen (secondary N) is 4. The highest BCUT2D eigenvalue weighted by atomic mass is 32.1. The summed E-state index contributed by atoms with van der Waals surface area (Å²) in [5, 5.41) is 10.8. The smallest absolute Gasteiger partial charge is 0.370 e. The third-order valence-corrected chi connectivity index (χ3v) is 17.9. The van der Waals surface area contributed by atoms with E-state index in [0.29, 0.717) is 79.4 Å². The van der Waals surface area contributed by atoms with E-state index in [0.717, 1.165) is 35.5 Å². The van der Waals surface area contributed by atoms with Gasteiger partial charge in [0.05, 0.1) is 4.88 Å². The normalized spacial score (nSPS) is 21.5. The summed E-state index contributed by atoms with van der Waals surface area (Å²) in [5.74, 6) is 1.80. The monoisotopic (exact) mass is 1140 g/mol. The zero-order chi connectivity index (χ0) is 57.0. The highest BCUT2D eigenvalue weighted by Crippen LogP contribution is 2.59. The predicted molar refractivity (Wildman–Crippen MR) is 287 cm³/mol. The first-order chi connectivity index (χ1) is 38.2. The van der Waals surface area contributed by atoms with Crippen LogP contribution >= 0.6 is 18.9 Å². The van der Waals surface area contributed by atoms with Crippen molar-refractivity contribution < 1.29 is 66.3 Å². The lowest BCUT2D eigenvalue weighted by molar-refractivity contribution is -0.143. The first-order valence-corrected chi connectivity index (χ1v) is 29.2. The molecule has 4 saturated heterocycles. The number of likely N-dealkylation sites (tertiary alicyclic amines) is 1. The first kappa shape index (κ1) is 57.3. The van der Waals surface area contributed by atoms with Gasteiger partial charge in [0.2, 0.25) is 41.4 Å². The van der Waals surface area contributed by atoms with E-state index >= 15 is 0 Å². The molecule has 4 fully saturated rings. The van der Waals surface area contributed by atoms with Crippen LogP contribution in [0.1, 0.15) is 138 Å². The molecule has 0 saturated carbocycles. The van der Waals surface area contributed by atoms with Crippen molar-refractivity contribution in [1.29, 1.82) is 0 Å². The molecule has 80 heavy (non-hydrogen) atoms. The molecule has 3 unspecified atom stereocenters. The van der Waals surface area contributed by atoms with Crippen LogP contribution < -0.4 is 27.0 Å². The van der Waals surface area contributed by atoms with Gasteiger partial charge in [-0.15, -0.1) is 11.3 Å². The van der Waals surface area contributed by atoms with Gasteiger partial charge in [0.25, 0.3) is 11.8 Å². The lowest BCUT2D eigenvalue weighted by Gasteiger charge is -2.36. The van der Waals surface area contributed by atoms with Crippen molar-refractivity contribution in [2.24, 2.45) is 11.7 Å². The number of imide groups is 1. The van der Waals surface area contributed by atoms with Crippen LogP contribution in [0.25, 0.3) is 10.1 Å². The maximum Gasteiger partial charge on any atom is 0.399 e. The van der Waals surface area contributed by atoms with Crippen LogP contribution in [0.5, 0.6) is 0 Å². The second kappa shape index (κ2) is 24.1. The quantitative estimate of drug-likeness (QED) is 0.0460. The lowest BCUT2D eigenvalue weighted by Crippen LogP contribution is -2.58. The number of hydrogen-bond acceptors (Lipinski definition) is 11. The number of nitrogens with two attached hydrogens (primary N) is 1. The molecule has 0 bridgehead atoms. The van der Waals surface area contributed by atoms with E-state index in [1.54, 1.807) is 47.4 Å². The van der Waals surface area contributed by atoms with Crippen LogP contribution in [-0.2, 0) is 50.3 Å². The molecular weight excluding hydrogens is 1080 g/mol. The third-order valence-electron chi connectivity index (χ3n) is 15.8. The number of hydrogen-bond donors (Lipinski definition) is 7. The van der Waals surface area contributed by atoms with Crippen molar-refractivity contribution in [2.45, 2.75) is 138 Å². The highest BCUT2D eigenvalue weighted by Gasteiger charge is 2.51. The molecule has 6 atom stereocenters. The van der Waals surface area contributed by atoms with Crippen molar-refractivity contribution >= 4 is 82.2 Å². The van der Waals surface area contributed by atoms with Gasteiger partial charge in [-0.3, -0.25) is 53.0 Å². The van der Waals surface area contributed by atoms with E-state index in [1.165, 1.54) is 21.9 Å². The Morgan fingerprint density at radius 3 is 2.36 bits per heavy atom. The number of benzene rings is 3. The molecule has 5 aliphatic heterocycles. The molecular formula is C56H61F2N8O12PS. The number of alkyl halides is 2. The number of nitrogens with zero attached hydrogens (tertiary/aromatic N) is 3. The maximum atomic E-state index is 14.5. The topological polar surface area (TPSA) is 295 Å². The molecule has 8 N–H and O–H groups in total. The van der Waals surface area contributed by atoms with E-state index in [-0.39, 0.29) is 85.0 Å². The summed E-state index contributed by atoms with van der Waals surface area (Å²) in [6.45, 7) is 1.00. The van der Waals surface area contributed by atoms with Gasteiger partial charge in [-0.1, -0.05) is 67.1 Å². The molecule has 5 aliphatic rings. The van der Waals surface area contributed by atoms with Crippen LogP contribution in [0, 0.1) is 17.8 Å². The summed E-state index contributed by atoms with van der Waals surface area (Å²) in [6, 6.07) is 12.4. The Kier molecular flexibility index (Phi) is 17.3. The minimum Gasteiger partial charge on any atom is -0.370 e. The Labute approximate surface area is 463 Å². The maximum absolute atomic E-state index is 14.5. The molecule has 24 heteroatoms. The Bertz CT molecular complexity index is 3240. The van der Waals surface area contributed by atoms with Crippen LogP contribution in [0.15, 0.2) is 72.8 Å². The first-order valence-electron chi connectivity index (χ1n) is 26.8. The van der Waals surface area contributed by atoms with Crippen LogP contribution in [0.4, 0.5) is 8.78 Å². The Hall–Kier alpha value is -7.38. The largest absolute Gasteiger partial charge is 0.399 e. The molecule has 0 aliphatic carbocycles. The van der Waals surface area contributed by atoms with Gasteiger partial charge in [-0.2, -0.15) is 8.78 Å². The number of halogens is 2. The number of amides is 9. The number of carbonyl (C=O) groups excluding carboxylic acids is 9. The van der Waals surface area contributed by atoms with Gasteiger partial charge in [-0.25, -0.2) is 0 Å². The summed E-state index contributed by atoms with van der Waals surface area (Å²) in [6.07, 6.45) is 5.21. The number of fused-ring (bicyclic) bond motifs is 3. The number of piperidine rings is 2. The van der Waals surface area contributed by atoms with Gasteiger partial charge in [0.1, 0.15) is 30.2 Å². The number of rotatable bonds is 16. The Balaban J connectivity index is 0.823. The molecule has 1 aromatic heterocycles. The number of primary amides is 1. The van der Waals surface area contributed by atoms with Crippen molar-refractivity contribution in [2.75, 3.05) is 13.1 Å². The average molecular weight is 1140 g/mol. The molecule has 20 nitrogen and oxygen atoms in total. The van der Waals surface area contributed by atoms with Crippen molar-refractivity contribution in [3.63, 3.8) is 0 Å². The molecule has 422 valence electrons. The number of thiophene rings is 1. The lowest BCUT2D eigenvalue weighted by atomic mass is 9.91. The minimum atomic E-state index is -5.86. The van der Waals surface area contributed by atoms with Crippen molar-refractivity contribution in [3.05, 3.63) is 105 Å². The fourth-order valence-electron chi connectivity index (χ4n) is 11.4. The third kappa shape index (κ3) is 12.5. The summed E-state index contributed by atoms with van der Waals surface area (Å²) in [7, 11) is -5.86. The molecule has 9 rings (SSSR count). The van der Waals surface area contributed by atoms with Crippen molar-refractivity contribution in [1.82, 2.24) is 36.0 Å². The standard InChI is InChI=1S/C56H61F2N8O12PS/c57-56(58,79(76,77)78)36-17-22-44-35(29-36)30-45(80-44)52(72)61-41-16-7-6-14-37-18-20-43(66(37)54(41)74)51(71)60-40(19-23-46(59)67)49(69)63-48(34-11-2-1-3-12-34)55(75)64-27-25-32(26-28-64)9-4-5-10-33-13-8-15-38-39(33)31-65(53(38)73)42-21-24-47(68)62-50(42)70/h1-3,8,11-13,15,17,22,29-30,32,37,40-43,48H,4,6-7,9,14,16,18-21,23-28,31H2,(H2,59,67)(H,60,71)(H,61,72)(H,63,69)(H,62,68,70)(H2,76,77,78)/t37-,40?,41-,42?,43-,48?/m0/s1. The molecule has 9 amide bonds. The van der Waals surface area contributed by atoms with Crippen LogP contribution in [-0.4, -0.2) is 121 Å². The number of carbonyl (C=O) groups is 9.